The van der Waals surface area contributed by atoms with Crippen LogP contribution in [0, 0.1) is 11.6 Å². The summed E-state index contributed by atoms with van der Waals surface area (Å²) in [7, 11) is 0. The van der Waals surface area contributed by atoms with E-state index < -0.39 is 17.7 Å². The fraction of sp³-hybridized carbons (Fsp3) is 0.143. The molecule has 0 aliphatic rings. The molecule has 1 atom stereocenters. The molecule has 2 rings (SSSR count). The Labute approximate surface area is 117 Å². The van der Waals surface area contributed by atoms with E-state index in [1.807, 2.05) is 0 Å². The monoisotopic (exact) mass is 328 g/mol. The van der Waals surface area contributed by atoms with E-state index in [2.05, 4.69) is 15.9 Å². The molecule has 0 spiro atoms. The van der Waals surface area contributed by atoms with Gasteiger partial charge in [-0.1, -0.05) is 12.1 Å². The first-order valence-corrected chi connectivity index (χ1v) is 6.37. The van der Waals surface area contributed by atoms with Crippen molar-refractivity contribution >= 4 is 15.9 Å². The molecule has 100 valence electrons. The van der Waals surface area contributed by atoms with Gasteiger partial charge in [-0.25, -0.2) is 4.39 Å². The number of hydrogen-bond donors (Lipinski definition) is 1. The Morgan fingerprint density at radius 3 is 2.53 bits per heavy atom. The third kappa shape index (κ3) is 3.11. The lowest BCUT2D eigenvalue weighted by molar-refractivity contribution is 0.199. The minimum Gasteiger partial charge on any atom is -0.453 e. The van der Waals surface area contributed by atoms with E-state index in [1.165, 1.54) is 12.1 Å². The van der Waals surface area contributed by atoms with Crippen LogP contribution in [0.1, 0.15) is 18.6 Å². The maximum Gasteiger partial charge on any atom is 0.201 e. The molecule has 0 aromatic heterocycles. The highest BCUT2D eigenvalue weighted by Crippen LogP contribution is 2.33. The zero-order valence-electron chi connectivity index (χ0n) is 10.0. The largest absolute Gasteiger partial charge is 0.453 e. The van der Waals surface area contributed by atoms with Gasteiger partial charge in [0.15, 0.2) is 11.6 Å². The van der Waals surface area contributed by atoms with Crippen LogP contribution in [0.3, 0.4) is 0 Å². The standard InChI is InChI=1S/C14H11BrF2O2/c1-8(18)9-5-6-12(10(15)7-9)19-13-4-2-3-11(16)14(13)17/h2-8,18H,1H3/t8-/m1/s1. The van der Waals surface area contributed by atoms with E-state index in [0.29, 0.717) is 15.8 Å². The summed E-state index contributed by atoms with van der Waals surface area (Å²) >= 11 is 3.26. The molecule has 0 amide bonds. The first kappa shape index (κ1) is 14.0. The van der Waals surface area contributed by atoms with Crippen LogP contribution in [-0.4, -0.2) is 5.11 Å². The first-order valence-electron chi connectivity index (χ1n) is 5.58. The van der Waals surface area contributed by atoms with Crippen molar-refractivity contribution in [3.63, 3.8) is 0 Å². The van der Waals surface area contributed by atoms with E-state index >= 15 is 0 Å². The molecule has 0 unspecified atom stereocenters. The van der Waals surface area contributed by atoms with Crippen LogP contribution < -0.4 is 4.74 Å². The van der Waals surface area contributed by atoms with Crippen molar-refractivity contribution in [2.24, 2.45) is 0 Å². The summed E-state index contributed by atoms with van der Waals surface area (Å²) in [4.78, 5) is 0. The number of aliphatic hydroxyl groups is 1. The van der Waals surface area contributed by atoms with Crippen LogP contribution in [-0.2, 0) is 0 Å². The van der Waals surface area contributed by atoms with Crippen molar-refractivity contribution in [2.75, 3.05) is 0 Å². The maximum atomic E-state index is 13.5. The topological polar surface area (TPSA) is 29.5 Å². The summed E-state index contributed by atoms with van der Waals surface area (Å²) in [5.41, 5.74) is 0.693. The number of halogens is 3. The molecule has 2 nitrogen and oxygen atoms in total. The van der Waals surface area contributed by atoms with Gasteiger partial charge in [-0.2, -0.15) is 4.39 Å². The van der Waals surface area contributed by atoms with Gasteiger partial charge in [-0.15, -0.1) is 0 Å². The minimum atomic E-state index is -1.03. The van der Waals surface area contributed by atoms with Gasteiger partial charge in [0.25, 0.3) is 0 Å². The minimum absolute atomic E-state index is 0.189. The predicted octanol–water partition coefficient (Wildman–Crippen LogP) is 4.57. The summed E-state index contributed by atoms with van der Waals surface area (Å²) < 4.78 is 32.4. The quantitative estimate of drug-likeness (QED) is 0.894. The summed E-state index contributed by atoms with van der Waals surface area (Å²) in [6.45, 7) is 1.63. The summed E-state index contributed by atoms with van der Waals surface area (Å²) in [5.74, 6) is -1.84. The summed E-state index contributed by atoms with van der Waals surface area (Å²) in [6.07, 6.45) is -0.615. The summed E-state index contributed by atoms with van der Waals surface area (Å²) in [5, 5.41) is 9.44. The van der Waals surface area contributed by atoms with Crippen LogP contribution in [0.15, 0.2) is 40.9 Å². The van der Waals surface area contributed by atoms with Gasteiger partial charge in [0, 0.05) is 0 Å². The molecule has 2 aromatic rings. The predicted molar refractivity (Wildman–Crippen MR) is 71.2 cm³/mol. The van der Waals surface area contributed by atoms with Gasteiger partial charge in [0.2, 0.25) is 5.82 Å². The molecule has 0 saturated heterocycles. The molecule has 0 radical (unpaired) electrons. The molecule has 0 saturated carbocycles. The zero-order chi connectivity index (χ0) is 14.0. The van der Waals surface area contributed by atoms with Crippen molar-refractivity contribution in [2.45, 2.75) is 13.0 Å². The second kappa shape index (κ2) is 5.67. The molecule has 0 aliphatic heterocycles. The molecule has 0 heterocycles. The van der Waals surface area contributed by atoms with E-state index in [9.17, 15) is 13.9 Å². The molecule has 0 bridgehead atoms. The van der Waals surface area contributed by atoms with E-state index in [0.717, 1.165) is 6.07 Å². The smallest absolute Gasteiger partial charge is 0.201 e. The van der Waals surface area contributed by atoms with Crippen LogP contribution in [0.4, 0.5) is 8.78 Å². The van der Waals surface area contributed by atoms with E-state index in [4.69, 9.17) is 4.74 Å². The number of benzene rings is 2. The second-order valence-electron chi connectivity index (χ2n) is 4.02. The third-order valence-electron chi connectivity index (χ3n) is 2.57. The highest BCUT2D eigenvalue weighted by Gasteiger charge is 2.12. The highest BCUT2D eigenvalue weighted by atomic mass is 79.9. The lowest BCUT2D eigenvalue weighted by atomic mass is 10.1. The Bertz CT molecular complexity index is 600. The molecule has 19 heavy (non-hydrogen) atoms. The number of hydrogen-bond acceptors (Lipinski definition) is 2. The van der Waals surface area contributed by atoms with Gasteiger partial charge in [-0.3, -0.25) is 0 Å². The van der Waals surface area contributed by atoms with Crippen LogP contribution in [0.5, 0.6) is 11.5 Å². The lowest BCUT2D eigenvalue weighted by Crippen LogP contribution is -1.94. The molecular weight excluding hydrogens is 318 g/mol. The van der Waals surface area contributed by atoms with Crippen molar-refractivity contribution in [3.05, 3.63) is 58.1 Å². The van der Waals surface area contributed by atoms with Crippen LogP contribution >= 0.6 is 15.9 Å². The Kier molecular flexibility index (Phi) is 4.17. The number of rotatable bonds is 3. The summed E-state index contributed by atoms with van der Waals surface area (Å²) in [6, 6.07) is 8.63. The SMILES string of the molecule is C[C@@H](O)c1ccc(Oc2cccc(F)c2F)c(Br)c1. The fourth-order valence-corrected chi connectivity index (χ4v) is 2.02. The average molecular weight is 329 g/mol. The Morgan fingerprint density at radius 2 is 1.89 bits per heavy atom. The second-order valence-corrected chi connectivity index (χ2v) is 4.87. The Morgan fingerprint density at radius 1 is 1.16 bits per heavy atom. The van der Waals surface area contributed by atoms with Crippen LogP contribution in [0.25, 0.3) is 0 Å². The lowest BCUT2D eigenvalue weighted by Gasteiger charge is -2.11. The highest BCUT2D eigenvalue weighted by molar-refractivity contribution is 9.10. The van der Waals surface area contributed by atoms with Crippen molar-refractivity contribution < 1.29 is 18.6 Å². The molecule has 0 fully saturated rings. The maximum absolute atomic E-state index is 13.5. The van der Waals surface area contributed by atoms with Gasteiger partial charge in [0.1, 0.15) is 5.75 Å². The van der Waals surface area contributed by atoms with Gasteiger partial charge < -0.3 is 9.84 Å². The van der Waals surface area contributed by atoms with Crippen molar-refractivity contribution in [1.82, 2.24) is 0 Å². The van der Waals surface area contributed by atoms with Gasteiger partial charge in [-0.05, 0) is 52.7 Å². The third-order valence-corrected chi connectivity index (χ3v) is 3.19. The molecule has 1 N–H and O–H groups in total. The first-order chi connectivity index (χ1) is 8.99. The molecule has 2 aromatic carbocycles. The zero-order valence-corrected chi connectivity index (χ0v) is 11.6. The Hall–Kier alpha value is -1.46. The molecular formula is C14H11BrF2O2. The fourth-order valence-electron chi connectivity index (χ4n) is 1.54. The molecule has 5 heteroatoms. The van der Waals surface area contributed by atoms with Crippen molar-refractivity contribution in [1.29, 1.82) is 0 Å². The van der Waals surface area contributed by atoms with E-state index in [-0.39, 0.29) is 5.75 Å². The van der Waals surface area contributed by atoms with Gasteiger partial charge >= 0.3 is 0 Å². The van der Waals surface area contributed by atoms with E-state index in [1.54, 1.807) is 25.1 Å². The normalized spacial score (nSPS) is 12.3. The number of aliphatic hydroxyl groups excluding tert-OH is 1. The number of ether oxygens (including phenoxy) is 1. The Balaban J connectivity index is 2.31. The molecule has 0 aliphatic carbocycles. The average Bonchev–Trinajstić information content (AvgIpc) is 2.37. The van der Waals surface area contributed by atoms with Crippen LogP contribution in [0.2, 0.25) is 0 Å². The van der Waals surface area contributed by atoms with Gasteiger partial charge in [0.05, 0.1) is 10.6 Å². The van der Waals surface area contributed by atoms with Crippen molar-refractivity contribution in [3.8, 4) is 11.5 Å².